The number of ether oxygens (including phenoxy) is 1. The second kappa shape index (κ2) is 9.22. The summed E-state index contributed by atoms with van der Waals surface area (Å²) in [5, 5.41) is 8.15. The minimum absolute atomic E-state index is 0.0536. The fourth-order valence-electron chi connectivity index (χ4n) is 3.54. The normalized spacial score (nSPS) is 15.6. The van der Waals surface area contributed by atoms with E-state index in [9.17, 15) is 14.4 Å². The van der Waals surface area contributed by atoms with E-state index in [0.717, 1.165) is 23.2 Å². The lowest BCUT2D eigenvalue weighted by Crippen LogP contribution is -2.30. The highest BCUT2D eigenvalue weighted by molar-refractivity contribution is 7.15. The van der Waals surface area contributed by atoms with Crippen molar-refractivity contribution in [3.8, 4) is 0 Å². The lowest BCUT2D eigenvalue weighted by molar-refractivity contribution is -0.121. The number of carbonyl (C=O) groups excluding carboxylic acids is 3. The zero-order chi connectivity index (χ0) is 21.0. The van der Waals surface area contributed by atoms with Crippen LogP contribution in [0.1, 0.15) is 48.2 Å². The molecule has 0 bridgehead atoms. The van der Waals surface area contributed by atoms with Crippen molar-refractivity contribution in [1.82, 2.24) is 0 Å². The molecule has 6 nitrogen and oxygen atoms in total. The molecule has 154 valence electrons. The largest absolute Gasteiger partial charge is 0.465 e. The lowest BCUT2D eigenvalue weighted by Gasteiger charge is -2.24. The molecule has 0 spiro atoms. The van der Waals surface area contributed by atoms with Gasteiger partial charge in [0.1, 0.15) is 5.00 Å². The summed E-state index contributed by atoms with van der Waals surface area (Å²) in [7, 11) is 1.34. The molecule has 1 aliphatic rings. The summed E-state index contributed by atoms with van der Waals surface area (Å²) in [5.74, 6) is -0.567. The molecule has 0 fully saturated rings. The van der Waals surface area contributed by atoms with Crippen LogP contribution in [0.5, 0.6) is 0 Å². The van der Waals surface area contributed by atoms with E-state index < -0.39 is 5.97 Å². The van der Waals surface area contributed by atoms with Gasteiger partial charge < -0.3 is 15.4 Å². The maximum atomic E-state index is 12.5. The van der Waals surface area contributed by atoms with Gasteiger partial charge in [0.25, 0.3) is 0 Å². The first kappa shape index (κ1) is 21.0. The first-order valence-corrected chi connectivity index (χ1v) is 10.6. The zero-order valence-corrected chi connectivity index (χ0v) is 17.7. The third-order valence-corrected chi connectivity index (χ3v) is 5.91. The summed E-state index contributed by atoms with van der Waals surface area (Å²) in [4.78, 5) is 37.1. The number of methoxy groups -OCH3 is 1. The van der Waals surface area contributed by atoms with Crippen LogP contribution in [0.4, 0.5) is 10.7 Å². The molecular formula is C22H26N2O4S. The Hall–Kier alpha value is -2.67. The molecule has 2 N–H and O–H groups in total. The van der Waals surface area contributed by atoms with E-state index in [4.69, 9.17) is 4.74 Å². The molecule has 1 atom stereocenters. The smallest absolute Gasteiger partial charge is 0.341 e. The quantitative estimate of drug-likeness (QED) is 0.663. The molecule has 0 radical (unpaired) electrons. The number of rotatable bonds is 7. The van der Waals surface area contributed by atoms with Crippen LogP contribution >= 0.6 is 11.3 Å². The van der Waals surface area contributed by atoms with Gasteiger partial charge in [0.05, 0.1) is 12.7 Å². The topological polar surface area (TPSA) is 84.5 Å². The summed E-state index contributed by atoms with van der Waals surface area (Å²) < 4.78 is 4.91. The van der Waals surface area contributed by atoms with Gasteiger partial charge in [-0.3, -0.25) is 9.59 Å². The van der Waals surface area contributed by atoms with Crippen molar-refractivity contribution < 1.29 is 19.1 Å². The van der Waals surface area contributed by atoms with Crippen LogP contribution in [0.25, 0.3) is 0 Å². The fraction of sp³-hybridized carbons (Fsp3) is 0.409. The second-order valence-corrected chi connectivity index (χ2v) is 8.57. The Labute approximate surface area is 174 Å². The van der Waals surface area contributed by atoms with Crippen LogP contribution in [-0.4, -0.2) is 24.9 Å². The molecule has 0 aliphatic carbocycles. The summed E-state index contributed by atoms with van der Waals surface area (Å²) in [6.07, 6.45) is 2.01. The Balaban J connectivity index is 1.63. The number of hydrogen-bond acceptors (Lipinski definition) is 5. The highest BCUT2D eigenvalue weighted by Gasteiger charge is 2.27. The zero-order valence-electron chi connectivity index (χ0n) is 16.9. The number of hydrogen-bond donors (Lipinski definition) is 2. The Kier molecular flexibility index (Phi) is 6.69. The van der Waals surface area contributed by atoms with E-state index in [1.807, 2.05) is 29.6 Å². The van der Waals surface area contributed by atoms with Crippen molar-refractivity contribution in [2.75, 3.05) is 17.7 Å². The number of amides is 2. The molecular weight excluding hydrogens is 388 g/mol. The summed E-state index contributed by atoms with van der Waals surface area (Å²) in [5.41, 5.74) is 3.25. The molecule has 1 aromatic heterocycles. The van der Waals surface area contributed by atoms with Crippen molar-refractivity contribution in [3.63, 3.8) is 0 Å². The number of thiophene rings is 1. The molecule has 3 rings (SSSR count). The Bertz CT molecular complexity index is 919. The van der Waals surface area contributed by atoms with E-state index in [-0.39, 0.29) is 24.2 Å². The van der Waals surface area contributed by atoms with Gasteiger partial charge in [0, 0.05) is 18.0 Å². The molecule has 7 heteroatoms. The maximum absolute atomic E-state index is 12.5. The first-order chi connectivity index (χ1) is 13.9. The predicted octanol–water partition coefficient (Wildman–Crippen LogP) is 4.26. The Morgan fingerprint density at radius 3 is 2.79 bits per heavy atom. The number of benzene rings is 1. The fourth-order valence-corrected chi connectivity index (χ4v) is 4.52. The Morgan fingerprint density at radius 2 is 2.07 bits per heavy atom. The molecule has 0 saturated carbocycles. The molecule has 2 aromatic rings. The molecule has 1 aromatic carbocycles. The standard InChI is InChI=1S/C22H26N2O4S/c1-13(2)10-16-12-29-21(19(16)22(27)28-3)24-18(25)9-8-15-11-14-6-4-5-7-17(14)23-20(15)26/h4-7,12-13,15H,8-11H2,1-3H3,(H,23,26)(H,24,25). The number of carbonyl (C=O) groups is 3. The van der Waals surface area contributed by atoms with Crippen molar-refractivity contribution in [2.45, 2.75) is 39.5 Å². The third-order valence-electron chi connectivity index (χ3n) is 4.97. The SMILES string of the molecule is COC(=O)c1c(CC(C)C)csc1NC(=O)CCC1Cc2ccccc2NC1=O. The number of anilines is 2. The third kappa shape index (κ3) is 5.03. The van der Waals surface area contributed by atoms with Gasteiger partial charge in [0.15, 0.2) is 0 Å². The molecule has 2 heterocycles. The average Bonchev–Trinajstić information content (AvgIpc) is 3.06. The van der Waals surface area contributed by atoms with Crippen LogP contribution in [0, 0.1) is 11.8 Å². The first-order valence-electron chi connectivity index (χ1n) is 9.76. The van der Waals surface area contributed by atoms with Gasteiger partial charge in [-0.25, -0.2) is 4.79 Å². The Morgan fingerprint density at radius 1 is 1.31 bits per heavy atom. The van der Waals surface area contributed by atoms with Gasteiger partial charge in [0.2, 0.25) is 11.8 Å². The minimum Gasteiger partial charge on any atom is -0.465 e. The van der Waals surface area contributed by atoms with E-state index in [1.165, 1.54) is 18.4 Å². The average molecular weight is 415 g/mol. The van der Waals surface area contributed by atoms with Gasteiger partial charge in [-0.1, -0.05) is 32.0 Å². The number of para-hydroxylation sites is 1. The van der Waals surface area contributed by atoms with E-state index in [0.29, 0.717) is 29.3 Å². The summed E-state index contributed by atoms with van der Waals surface area (Å²) in [6, 6.07) is 7.71. The molecule has 1 unspecified atom stereocenters. The van der Waals surface area contributed by atoms with Crippen molar-refractivity contribution in [3.05, 3.63) is 46.3 Å². The highest BCUT2D eigenvalue weighted by atomic mass is 32.1. The number of fused-ring (bicyclic) bond motifs is 1. The highest BCUT2D eigenvalue weighted by Crippen LogP contribution is 2.32. The van der Waals surface area contributed by atoms with Crippen molar-refractivity contribution >= 4 is 39.8 Å². The predicted molar refractivity (Wildman–Crippen MR) is 114 cm³/mol. The maximum Gasteiger partial charge on any atom is 0.341 e. The van der Waals surface area contributed by atoms with Gasteiger partial charge in [-0.2, -0.15) is 0 Å². The number of nitrogens with one attached hydrogen (secondary N) is 2. The van der Waals surface area contributed by atoms with Crippen LogP contribution in [0.3, 0.4) is 0 Å². The summed E-state index contributed by atoms with van der Waals surface area (Å²) in [6.45, 7) is 4.15. The van der Waals surface area contributed by atoms with Crippen molar-refractivity contribution in [2.24, 2.45) is 11.8 Å². The molecule has 29 heavy (non-hydrogen) atoms. The lowest BCUT2D eigenvalue weighted by atomic mass is 9.89. The monoisotopic (exact) mass is 414 g/mol. The number of esters is 1. The molecule has 0 saturated heterocycles. The van der Waals surface area contributed by atoms with Crippen LogP contribution in [0.15, 0.2) is 29.6 Å². The second-order valence-electron chi connectivity index (χ2n) is 7.69. The van der Waals surface area contributed by atoms with Crippen molar-refractivity contribution in [1.29, 1.82) is 0 Å². The van der Waals surface area contributed by atoms with E-state index >= 15 is 0 Å². The molecule has 1 aliphatic heterocycles. The minimum atomic E-state index is -0.444. The van der Waals surface area contributed by atoms with Gasteiger partial charge >= 0.3 is 5.97 Å². The van der Waals surface area contributed by atoms with E-state index in [2.05, 4.69) is 24.5 Å². The summed E-state index contributed by atoms with van der Waals surface area (Å²) >= 11 is 1.33. The van der Waals surface area contributed by atoms with Crippen LogP contribution in [0.2, 0.25) is 0 Å². The van der Waals surface area contributed by atoms with E-state index in [1.54, 1.807) is 0 Å². The van der Waals surface area contributed by atoms with Gasteiger partial charge in [-0.15, -0.1) is 11.3 Å². The van der Waals surface area contributed by atoms with Gasteiger partial charge in [-0.05, 0) is 47.8 Å². The molecule has 2 amide bonds. The van der Waals surface area contributed by atoms with Crippen LogP contribution in [-0.2, 0) is 27.2 Å². The van der Waals surface area contributed by atoms with Crippen LogP contribution < -0.4 is 10.6 Å².